The maximum absolute atomic E-state index is 13.1. The summed E-state index contributed by atoms with van der Waals surface area (Å²) in [4.78, 5) is 17.5. The molecule has 3 aromatic carbocycles. The van der Waals surface area contributed by atoms with Crippen LogP contribution in [-0.4, -0.2) is 23.0 Å². The van der Waals surface area contributed by atoms with E-state index in [0.717, 1.165) is 5.56 Å². The van der Waals surface area contributed by atoms with Crippen molar-refractivity contribution in [3.63, 3.8) is 0 Å². The molecule has 156 valence electrons. The highest BCUT2D eigenvalue weighted by Crippen LogP contribution is 2.28. The van der Waals surface area contributed by atoms with Gasteiger partial charge >= 0.3 is 0 Å². The van der Waals surface area contributed by atoms with Crippen molar-refractivity contribution in [3.05, 3.63) is 98.3 Å². The van der Waals surface area contributed by atoms with E-state index in [2.05, 4.69) is 4.99 Å². The highest BCUT2D eigenvalue weighted by Gasteiger charge is 2.15. The molecular weight excluding hydrogens is 435 g/mol. The average molecular weight is 453 g/mol. The number of aromatic nitrogens is 1. The van der Waals surface area contributed by atoms with Gasteiger partial charge in [-0.25, -0.2) is 0 Å². The molecule has 0 saturated carbocycles. The van der Waals surface area contributed by atoms with Gasteiger partial charge in [-0.15, -0.1) is 0 Å². The number of fused-ring (bicyclic) bond motifs is 1. The van der Waals surface area contributed by atoms with Crippen LogP contribution in [0.15, 0.2) is 76.5 Å². The molecule has 1 heterocycles. The van der Waals surface area contributed by atoms with Gasteiger partial charge in [-0.1, -0.05) is 53.5 Å². The topological polar surface area (TPSA) is 63.8 Å². The van der Waals surface area contributed by atoms with Crippen LogP contribution in [0, 0.1) is 0 Å². The van der Waals surface area contributed by atoms with Crippen molar-refractivity contribution in [3.8, 4) is 11.6 Å². The van der Waals surface area contributed by atoms with Crippen molar-refractivity contribution >= 4 is 45.9 Å². The fourth-order valence-electron chi connectivity index (χ4n) is 3.30. The van der Waals surface area contributed by atoms with Crippen LogP contribution in [0.5, 0.6) is 11.6 Å². The number of benzene rings is 3. The first-order valence-electron chi connectivity index (χ1n) is 9.44. The Kier molecular flexibility index (Phi) is 5.98. The first-order chi connectivity index (χ1) is 15.0. The van der Waals surface area contributed by atoms with Crippen molar-refractivity contribution < 1.29 is 9.84 Å². The monoisotopic (exact) mass is 452 g/mol. The smallest absolute Gasteiger partial charge is 0.261 e. The number of halogens is 2. The number of pyridine rings is 1. The first-order valence-corrected chi connectivity index (χ1v) is 10.2. The molecule has 1 N–H and O–H groups in total. The van der Waals surface area contributed by atoms with E-state index in [1.165, 1.54) is 10.8 Å². The fraction of sp³-hybridized carbons (Fsp3) is 0.0833. The van der Waals surface area contributed by atoms with Crippen molar-refractivity contribution in [2.75, 3.05) is 7.11 Å². The zero-order valence-electron chi connectivity index (χ0n) is 16.5. The Morgan fingerprint density at radius 1 is 1.00 bits per heavy atom. The lowest BCUT2D eigenvalue weighted by atomic mass is 10.1. The van der Waals surface area contributed by atoms with E-state index < -0.39 is 0 Å². The minimum absolute atomic E-state index is 0.164. The molecule has 31 heavy (non-hydrogen) atoms. The summed E-state index contributed by atoms with van der Waals surface area (Å²) in [5.41, 5.74) is 1.58. The van der Waals surface area contributed by atoms with Gasteiger partial charge in [-0.3, -0.25) is 14.4 Å². The van der Waals surface area contributed by atoms with E-state index in [4.69, 9.17) is 27.9 Å². The molecule has 0 spiro atoms. The standard InChI is InChI=1S/C24H18Cl2N2O3/c1-31-17-9-6-15(7-10-17)14-28-23(29)19-5-3-2-4-18(19)20(24(28)30)13-27-16-8-11-21(25)22(26)12-16/h2-13,30H,14H2,1H3. The summed E-state index contributed by atoms with van der Waals surface area (Å²) < 4.78 is 6.51. The number of methoxy groups -OCH3 is 1. The minimum atomic E-state index is -0.282. The highest BCUT2D eigenvalue weighted by molar-refractivity contribution is 6.42. The Balaban J connectivity index is 1.83. The zero-order valence-corrected chi connectivity index (χ0v) is 18.1. The number of hydrogen-bond acceptors (Lipinski definition) is 4. The number of aliphatic imine (C=N–C) groups is 1. The summed E-state index contributed by atoms with van der Waals surface area (Å²) in [6.45, 7) is 0.201. The molecular formula is C24H18Cl2N2O3. The molecule has 0 aliphatic rings. The van der Waals surface area contributed by atoms with Gasteiger partial charge in [0.15, 0.2) is 0 Å². The van der Waals surface area contributed by atoms with Gasteiger partial charge in [0.1, 0.15) is 5.75 Å². The van der Waals surface area contributed by atoms with E-state index >= 15 is 0 Å². The Morgan fingerprint density at radius 3 is 2.39 bits per heavy atom. The molecule has 7 heteroatoms. The molecule has 0 aliphatic carbocycles. The van der Waals surface area contributed by atoms with Crippen LogP contribution in [0.3, 0.4) is 0 Å². The molecule has 0 fully saturated rings. The Hall–Kier alpha value is -3.28. The molecule has 0 unspecified atom stereocenters. The van der Waals surface area contributed by atoms with E-state index in [0.29, 0.717) is 37.8 Å². The normalized spacial score (nSPS) is 11.3. The van der Waals surface area contributed by atoms with Crippen LogP contribution in [0.4, 0.5) is 5.69 Å². The summed E-state index contributed by atoms with van der Waals surface area (Å²) in [5.74, 6) is 0.552. The predicted octanol–water partition coefficient (Wildman–Crippen LogP) is 5.82. The van der Waals surface area contributed by atoms with Crippen molar-refractivity contribution in [2.24, 2.45) is 4.99 Å². The summed E-state index contributed by atoms with van der Waals surface area (Å²) in [7, 11) is 1.59. The van der Waals surface area contributed by atoms with Gasteiger partial charge in [0.05, 0.1) is 35.0 Å². The van der Waals surface area contributed by atoms with Crippen LogP contribution in [0.2, 0.25) is 10.0 Å². The van der Waals surface area contributed by atoms with Gasteiger partial charge in [0, 0.05) is 17.0 Å². The summed E-state index contributed by atoms with van der Waals surface area (Å²) in [6, 6.07) is 19.4. The second-order valence-corrected chi connectivity index (χ2v) is 7.69. The lowest BCUT2D eigenvalue weighted by molar-refractivity contribution is 0.412. The lowest BCUT2D eigenvalue weighted by Crippen LogP contribution is -2.22. The van der Waals surface area contributed by atoms with Gasteiger partial charge in [0.2, 0.25) is 5.88 Å². The second kappa shape index (κ2) is 8.84. The third-order valence-electron chi connectivity index (χ3n) is 4.94. The van der Waals surface area contributed by atoms with Crippen LogP contribution in [0.1, 0.15) is 11.1 Å². The predicted molar refractivity (Wildman–Crippen MR) is 126 cm³/mol. The summed E-state index contributed by atoms with van der Waals surface area (Å²) in [6.07, 6.45) is 1.53. The molecule has 4 rings (SSSR count). The molecule has 0 aliphatic heterocycles. The number of aromatic hydroxyl groups is 1. The molecule has 0 radical (unpaired) electrons. The maximum Gasteiger partial charge on any atom is 0.261 e. The van der Waals surface area contributed by atoms with Crippen molar-refractivity contribution in [2.45, 2.75) is 6.54 Å². The van der Waals surface area contributed by atoms with Crippen molar-refractivity contribution in [1.29, 1.82) is 0 Å². The van der Waals surface area contributed by atoms with Crippen molar-refractivity contribution in [1.82, 2.24) is 4.57 Å². The first kappa shape index (κ1) is 21.0. The van der Waals surface area contributed by atoms with E-state index in [9.17, 15) is 9.90 Å². The number of hydrogen-bond donors (Lipinski definition) is 1. The quantitative estimate of drug-likeness (QED) is 0.387. The highest BCUT2D eigenvalue weighted by atomic mass is 35.5. The van der Waals surface area contributed by atoms with Crippen LogP contribution >= 0.6 is 23.2 Å². The maximum atomic E-state index is 13.1. The molecule has 0 atom stereocenters. The van der Waals surface area contributed by atoms with Crippen LogP contribution in [0.25, 0.3) is 10.8 Å². The van der Waals surface area contributed by atoms with E-state index in [1.54, 1.807) is 43.5 Å². The average Bonchev–Trinajstić information content (AvgIpc) is 2.79. The van der Waals surface area contributed by atoms with E-state index in [1.807, 2.05) is 30.3 Å². The summed E-state index contributed by atoms with van der Waals surface area (Å²) >= 11 is 12.0. The molecule has 0 amide bonds. The second-order valence-electron chi connectivity index (χ2n) is 6.88. The third kappa shape index (κ3) is 4.29. The fourth-order valence-corrected chi connectivity index (χ4v) is 3.60. The molecule has 1 aromatic heterocycles. The summed E-state index contributed by atoms with van der Waals surface area (Å²) in [5, 5.41) is 12.9. The number of nitrogens with zero attached hydrogens (tertiary/aromatic N) is 2. The van der Waals surface area contributed by atoms with Crippen LogP contribution in [-0.2, 0) is 6.54 Å². The van der Waals surface area contributed by atoms with Gasteiger partial charge in [-0.2, -0.15) is 0 Å². The zero-order chi connectivity index (χ0) is 22.0. The van der Waals surface area contributed by atoms with Gasteiger partial charge < -0.3 is 9.84 Å². The third-order valence-corrected chi connectivity index (χ3v) is 5.67. The van der Waals surface area contributed by atoms with Gasteiger partial charge in [-0.05, 0) is 42.0 Å². The number of rotatable bonds is 5. The molecule has 0 saturated heterocycles. The van der Waals surface area contributed by atoms with Gasteiger partial charge in [0.25, 0.3) is 5.56 Å². The Labute approximate surface area is 188 Å². The SMILES string of the molecule is COc1ccc(Cn2c(O)c(C=Nc3ccc(Cl)c(Cl)c3)c3ccccc3c2=O)cc1. The molecule has 4 aromatic rings. The van der Waals surface area contributed by atoms with Crippen LogP contribution < -0.4 is 10.3 Å². The van der Waals surface area contributed by atoms with E-state index in [-0.39, 0.29) is 18.0 Å². The molecule has 5 nitrogen and oxygen atoms in total. The number of ether oxygens (including phenoxy) is 1. The lowest BCUT2D eigenvalue weighted by Gasteiger charge is -2.14. The Morgan fingerprint density at radius 2 is 1.71 bits per heavy atom. The largest absolute Gasteiger partial charge is 0.497 e. The Bertz CT molecular complexity index is 1350. The minimum Gasteiger partial charge on any atom is -0.497 e. The molecule has 0 bridgehead atoms.